The van der Waals surface area contributed by atoms with Crippen LogP contribution in [-0.4, -0.2) is 19.3 Å². The van der Waals surface area contributed by atoms with Crippen LogP contribution in [0, 0.1) is 5.92 Å². The molecule has 0 aromatic heterocycles. The Kier molecular flexibility index (Phi) is 4.02. The van der Waals surface area contributed by atoms with Crippen LogP contribution in [0.4, 0.5) is 0 Å². The number of hydrogen-bond donors (Lipinski definition) is 1. The number of methoxy groups -OCH3 is 1. The lowest BCUT2D eigenvalue weighted by molar-refractivity contribution is 0.107. The van der Waals surface area contributed by atoms with Gasteiger partial charge in [0.1, 0.15) is 0 Å². The van der Waals surface area contributed by atoms with Crippen LogP contribution in [0.1, 0.15) is 39.0 Å². The van der Waals surface area contributed by atoms with E-state index in [4.69, 9.17) is 10.5 Å². The first-order valence-electron chi connectivity index (χ1n) is 5.00. The third-order valence-electron chi connectivity index (χ3n) is 2.68. The van der Waals surface area contributed by atoms with Crippen LogP contribution >= 0.6 is 0 Å². The highest BCUT2D eigenvalue weighted by atomic mass is 16.5. The molecule has 0 radical (unpaired) electrons. The Morgan fingerprint density at radius 2 is 2.08 bits per heavy atom. The number of nitrogens with two attached hydrogens (primary N) is 1. The molecule has 1 fully saturated rings. The molecule has 0 saturated heterocycles. The van der Waals surface area contributed by atoms with Crippen molar-refractivity contribution < 1.29 is 4.74 Å². The van der Waals surface area contributed by atoms with Gasteiger partial charge in [0.25, 0.3) is 0 Å². The molecule has 0 aromatic carbocycles. The standard InChI is InChI=1S/C10H21NO/c1-8(12-2)3-6-10(11)7-9-4-5-9/h8-10H,3-7,11H2,1-2H3. The fourth-order valence-corrected chi connectivity index (χ4v) is 1.47. The van der Waals surface area contributed by atoms with Crippen molar-refractivity contribution in [3.8, 4) is 0 Å². The van der Waals surface area contributed by atoms with E-state index in [1.807, 2.05) is 0 Å². The van der Waals surface area contributed by atoms with E-state index < -0.39 is 0 Å². The second-order valence-electron chi connectivity index (χ2n) is 4.06. The fraction of sp³-hybridized carbons (Fsp3) is 1.00. The largest absolute Gasteiger partial charge is 0.382 e. The lowest BCUT2D eigenvalue weighted by Gasteiger charge is -2.13. The Hall–Kier alpha value is -0.0800. The second kappa shape index (κ2) is 4.83. The van der Waals surface area contributed by atoms with Crippen molar-refractivity contribution in [1.82, 2.24) is 0 Å². The summed E-state index contributed by atoms with van der Waals surface area (Å²) in [5, 5.41) is 0. The Balaban J connectivity index is 1.96. The second-order valence-corrected chi connectivity index (χ2v) is 4.06. The van der Waals surface area contributed by atoms with Crippen LogP contribution in [0.2, 0.25) is 0 Å². The topological polar surface area (TPSA) is 35.2 Å². The van der Waals surface area contributed by atoms with Gasteiger partial charge in [0, 0.05) is 13.2 Å². The van der Waals surface area contributed by atoms with Crippen molar-refractivity contribution >= 4 is 0 Å². The summed E-state index contributed by atoms with van der Waals surface area (Å²) in [5.41, 5.74) is 5.96. The molecule has 0 spiro atoms. The first-order valence-corrected chi connectivity index (χ1v) is 5.00. The zero-order chi connectivity index (χ0) is 8.97. The van der Waals surface area contributed by atoms with Crippen molar-refractivity contribution in [3.63, 3.8) is 0 Å². The summed E-state index contributed by atoms with van der Waals surface area (Å²) in [4.78, 5) is 0. The highest BCUT2D eigenvalue weighted by molar-refractivity contribution is 4.78. The van der Waals surface area contributed by atoms with E-state index in [2.05, 4.69) is 6.92 Å². The molecule has 2 heteroatoms. The maximum absolute atomic E-state index is 5.96. The molecular weight excluding hydrogens is 150 g/mol. The summed E-state index contributed by atoms with van der Waals surface area (Å²) in [6, 6.07) is 0.412. The van der Waals surface area contributed by atoms with Crippen molar-refractivity contribution in [2.75, 3.05) is 7.11 Å². The molecule has 1 aliphatic carbocycles. The molecular formula is C10H21NO. The molecule has 0 bridgehead atoms. The first kappa shape index (κ1) is 10.0. The van der Waals surface area contributed by atoms with Crippen LogP contribution in [0.25, 0.3) is 0 Å². The Morgan fingerprint density at radius 3 is 2.58 bits per heavy atom. The van der Waals surface area contributed by atoms with Gasteiger partial charge in [-0.1, -0.05) is 12.8 Å². The highest BCUT2D eigenvalue weighted by Gasteiger charge is 2.23. The van der Waals surface area contributed by atoms with E-state index in [1.165, 1.54) is 19.3 Å². The van der Waals surface area contributed by atoms with Gasteiger partial charge in [-0.2, -0.15) is 0 Å². The van der Waals surface area contributed by atoms with E-state index in [9.17, 15) is 0 Å². The van der Waals surface area contributed by atoms with Crippen LogP contribution in [0.5, 0.6) is 0 Å². The van der Waals surface area contributed by atoms with Gasteiger partial charge in [0.15, 0.2) is 0 Å². The van der Waals surface area contributed by atoms with Crippen molar-refractivity contribution in [2.45, 2.75) is 51.2 Å². The third-order valence-corrected chi connectivity index (χ3v) is 2.68. The monoisotopic (exact) mass is 171 g/mol. The lowest BCUT2D eigenvalue weighted by atomic mass is 10.0. The zero-order valence-corrected chi connectivity index (χ0v) is 8.25. The summed E-state index contributed by atoms with van der Waals surface area (Å²) in [6.45, 7) is 2.10. The maximum Gasteiger partial charge on any atom is 0.0543 e. The molecule has 2 N–H and O–H groups in total. The molecule has 2 unspecified atom stereocenters. The minimum atomic E-state index is 0.371. The summed E-state index contributed by atoms with van der Waals surface area (Å²) >= 11 is 0. The van der Waals surface area contributed by atoms with E-state index in [0.717, 1.165) is 18.8 Å². The van der Waals surface area contributed by atoms with Gasteiger partial charge in [-0.15, -0.1) is 0 Å². The van der Waals surface area contributed by atoms with E-state index in [-0.39, 0.29) is 0 Å². The fourth-order valence-electron chi connectivity index (χ4n) is 1.47. The van der Waals surface area contributed by atoms with E-state index in [0.29, 0.717) is 12.1 Å². The molecule has 1 saturated carbocycles. The molecule has 72 valence electrons. The third kappa shape index (κ3) is 4.07. The SMILES string of the molecule is COC(C)CCC(N)CC1CC1. The minimum absolute atomic E-state index is 0.371. The predicted octanol–water partition coefficient (Wildman–Crippen LogP) is 1.93. The Bertz CT molecular complexity index is 123. The first-order chi connectivity index (χ1) is 5.72. The van der Waals surface area contributed by atoms with Crippen molar-refractivity contribution in [1.29, 1.82) is 0 Å². The van der Waals surface area contributed by atoms with Crippen LogP contribution in [0.3, 0.4) is 0 Å². The molecule has 2 nitrogen and oxygen atoms in total. The molecule has 0 amide bonds. The maximum atomic E-state index is 5.96. The Labute approximate surface area is 75.5 Å². The summed E-state index contributed by atoms with van der Waals surface area (Å²) < 4.78 is 5.17. The normalized spacial score (nSPS) is 22.2. The quantitative estimate of drug-likeness (QED) is 0.662. The van der Waals surface area contributed by atoms with Crippen LogP contribution < -0.4 is 5.73 Å². The average molecular weight is 171 g/mol. The van der Waals surface area contributed by atoms with Crippen LogP contribution in [0.15, 0.2) is 0 Å². The summed E-state index contributed by atoms with van der Waals surface area (Å²) in [7, 11) is 1.76. The van der Waals surface area contributed by atoms with Gasteiger partial charge in [-0.25, -0.2) is 0 Å². The number of rotatable bonds is 6. The minimum Gasteiger partial charge on any atom is -0.382 e. The lowest BCUT2D eigenvalue weighted by Crippen LogP contribution is -2.22. The predicted molar refractivity (Wildman–Crippen MR) is 51.0 cm³/mol. The highest BCUT2D eigenvalue weighted by Crippen LogP contribution is 2.33. The molecule has 1 rings (SSSR count). The average Bonchev–Trinajstić information content (AvgIpc) is 2.84. The summed E-state index contributed by atoms with van der Waals surface area (Å²) in [5.74, 6) is 0.956. The van der Waals surface area contributed by atoms with Crippen molar-refractivity contribution in [3.05, 3.63) is 0 Å². The van der Waals surface area contributed by atoms with E-state index >= 15 is 0 Å². The van der Waals surface area contributed by atoms with Gasteiger partial charge in [-0.05, 0) is 32.1 Å². The molecule has 0 aliphatic heterocycles. The summed E-state index contributed by atoms with van der Waals surface area (Å²) in [6.07, 6.45) is 6.64. The van der Waals surface area contributed by atoms with Gasteiger partial charge in [-0.3, -0.25) is 0 Å². The molecule has 12 heavy (non-hydrogen) atoms. The van der Waals surface area contributed by atoms with E-state index in [1.54, 1.807) is 7.11 Å². The number of ether oxygens (including phenoxy) is 1. The molecule has 1 aliphatic rings. The van der Waals surface area contributed by atoms with Gasteiger partial charge < -0.3 is 10.5 Å². The van der Waals surface area contributed by atoms with Gasteiger partial charge >= 0.3 is 0 Å². The zero-order valence-electron chi connectivity index (χ0n) is 8.25. The molecule has 2 atom stereocenters. The van der Waals surface area contributed by atoms with Crippen LogP contribution in [-0.2, 0) is 4.74 Å². The molecule has 0 aromatic rings. The smallest absolute Gasteiger partial charge is 0.0543 e. The van der Waals surface area contributed by atoms with Crippen molar-refractivity contribution in [2.24, 2.45) is 11.7 Å². The van der Waals surface area contributed by atoms with Gasteiger partial charge in [0.05, 0.1) is 6.10 Å². The molecule has 0 heterocycles. The Morgan fingerprint density at radius 1 is 1.42 bits per heavy atom. The van der Waals surface area contributed by atoms with Gasteiger partial charge in [0.2, 0.25) is 0 Å². The number of hydrogen-bond acceptors (Lipinski definition) is 2.